The highest BCUT2D eigenvalue weighted by molar-refractivity contribution is 6.74. The molecule has 1 rings (SSSR count). The lowest BCUT2D eigenvalue weighted by Crippen LogP contribution is -2.43. The molecule has 0 aromatic heterocycles. The van der Waals surface area contributed by atoms with Gasteiger partial charge in [0.1, 0.15) is 5.75 Å². The Kier molecular flexibility index (Phi) is 3.92. The third kappa shape index (κ3) is 3.25. The molecule has 0 aliphatic heterocycles. The summed E-state index contributed by atoms with van der Waals surface area (Å²) in [4.78, 5) is 0. The van der Waals surface area contributed by atoms with Crippen molar-refractivity contribution in [3.05, 3.63) is 23.8 Å². The fourth-order valence-electron chi connectivity index (χ4n) is 1.29. The quantitative estimate of drug-likeness (QED) is 0.743. The molecule has 17 heavy (non-hydrogen) atoms. The highest BCUT2D eigenvalue weighted by atomic mass is 28.4. The van der Waals surface area contributed by atoms with E-state index >= 15 is 0 Å². The fourth-order valence-corrected chi connectivity index (χ4v) is 2.31. The summed E-state index contributed by atoms with van der Waals surface area (Å²) >= 11 is 0. The van der Waals surface area contributed by atoms with Crippen molar-refractivity contribution in [3.63, 3.8) is 0 Å². The Bertz CT molecular complexity index is 392. The van der Waals surface area contributed by atoms with Gasteiger partial charge in [-0.25, -0.2) is 0 Å². The molecule has 0 N–H and O–H groups in total. The van der Waals surface area contributed by atoms with Crippen LogP contribution in [0.25, 0.3) is 0 Å². The van der Waals surface area contributed by atoms with E-state index in [9.17, 15) is 0 Å². The first-order chi connectivity index (χ1) is 7.67. The second-order valence-corrected chi connectivity index (χ2v) is 10.7. The van der Waals surface area contributed by atoms with E-state index in [1.165, 1.54) is 5.56 Å². The molecule has 0 heterocycles. The van der Waals surface area contributed by atoms with Gasteiger partial charge in [-0.3, -0.25) is 0 Å². The Balaban J connectivity index is 3.06. The highest BCUT2D eigenvalue weighted by Crippen LogP contribution is 2.40. The van der Waals surface area contributed by atoms with Crippen molar-refractivity contribution in [1.82, 2.24) is 0 Å². The predicted octanol–water partition coefficient (Wildman–Crippen LogP) is 4.39. The summed E-state index contributed by atoms with van der Waals surface area (Å²) in [6.07, 6.45) is 0. The third-order valence-corrected chi connectivity index (χ3v) is 7.83. The van der Waals surface area contributed by atoms with Crippen LogP contribution in [0.4, 0.5) is 0 Å². The Morgan fingerprint density at radius 2 is 1.65 bits per heavy atom. The first-order valence-electron chi connectivity index (χ1n) is 6.01. The van der Waals surface area contributed by atoms with Crippen molar-refractivity contribution in [3.8, 4) is 11.5 Å². The molecule has 0 amide bonds. The number of ether oxygens (including phenoxy) is 1. The van der Waals surface area contributed by atoms with Crippen molar-refractivity contribution < 1.29 is 9.16 Å². The van der Waals surface area contributed by atoms with E-state index in [1.54, 1.807) is 7.11 Å². The zero-order chi connectivity index (χ0) is 13.3. The highest BCUT2D eigenvalue weighted by Gasteiger charge is 2.39. The standard InChI is InChI=1S/C14H24O2Si/c1-11-8-9-12(15-5)13(10-11)16-17(6,7)14(2,3)4/h8-10H,1-7H3. The van der Waals surface area contributed by atoms with E-state index in [2.05, 4.69) is 46.9 Å². The van der Waals surface area contributed by atoms with E-state index in [4.69, 9.17) is 9.16 Å². The Morgan fingerprint density at radius 3 is 2.12 bits per heavy atom. The van der Waals surface area contributed by atoms with Gasteiger partial charge in [0, 0.05) is 0 Å². The minimum atomic E-state index is -1.80. The van der Waals surface area contributed by atoms with Crippen LogP contribution in [-0.4, -0.2) is 15.4 Å². The zero-order valence-corrected chi connectivity index (χ0v) is 13.0. The van der Waals surface area contributed by atoms with Crippen molar-refractivity contribution in [2.75, 3.05) is 7.11 Å². The van der Waals surface area contributed by atoms with Gasteiger partial charge in [0.15, 0.2) is 5.75 Å². The molecule has 1 aromatic carbocycles. The van der Waals surface area contributed by atoms with Crippen LogP contribution < -0.4 is 9.16 Å². The average molecular weight is 252 g/mol. The maximum absolute atomic E-state index is 6.28. The number of aryl methyl sites for hydroxylation is 1. The third-order valence-electron chi connectivity index (χ3n) is 3.49. The van der Waals surface area contributed by atoms with Crippen LogP contribution >= 0.6 is 0 Å². The van der Waals surface area contributed by atoms with E-state index in [0.29, 0.717) is 0 Å². The van der Waals surface area contributed by atoms with E-state index in [-0.39, 0.29) is 5.04 Å². The molecular weight excluding hydrogens is 228 g/mol. The van der Waals surface area contributed by atoms with Crippen LogP contribution in [0.5, 0.6) is 11.5 Å². The molecular formula is C14H24O2Si. The molecule has 96 valence electrons. The van der Waals surface area contributed by atoms with E-state index < -0.39 is 8.32 Å². The summed E-state index contributed by atoms with van der Waals surface area (Å²) in [6.45, 7) is 13.3. The van der Waals surface area contributed by atoms with E-state index in [1.807, 2.05) is 12.1 Å². The van der Waals surface area contributed by atoms with Crippen molar-refractivity contribution in [2.24, 2.45) is 0 Å². The van der Waals surface area contributed by atoms with Gasteiger partial charge in [-0.1, -0.05) is 26.8 Å². The normalized spacial score (nSPS) is 12.4. The fraction of sp³-hybridized carbons (Fsp3) is 0.571. The number of rotatable bonds is 3. The molecule has 0 radical (unpaired) electrons. The second-order valence-electron chi connectivity index (χ2n) is 6.02. The largest absolute Gasteiger partial charge is 0.541 e. The minimum absolute atomic E-state index is 0.196. The summed E-state index contributed by atoms with van der Waals surface area (Å²) in [6, 6.07) is 6.06. The maximum atomic E-state index is 6.28. The summed E-state index contributed by atoms with van der Waals surface area (Å²) in [5.74, 6) is 1.69. The number of hydrogen-bond donors (Lipinski definition) is 0. The first kappa shape index (κ1) is 14.1. The smallest absolute Gasteiger partial charge is 0.250 e. The predicted molar refractivity (Wildman–Crippen MR) is 75.6 cm³/mol. The first-order valence-corrected chi connectivity index (χ1v) is 8.92. The van der Waals surface area contributed by atoms with Crippen molar-refractivity contribution >= 4 is 8.32 Å². The van der Waals surface area contributed by atoms with Gasteiger partial charge in [-0.15, -0.1) is 0 Å². The molecule has 0 unspecified atom stereocenters. The molecule has 0 bridgehead atoms. The van der Waals surface area contributed by atoms with Crippen LogP contribution in [0.3, 0.4) is 0 Å². The monoisotopic (exact) mass is 252 g/mol. The average Bonchev–Trinajstić information content (AvgIpc) is 2.15. The molecule has 0 saturated heterocycles. The Hall–Kier alpha value is -0.963. The number of benzene rings is 1. The van der Waals surface area contributed by atoms with Gasteiger partial charge < -0.3 is 9.16 Å². The maximum Gasteiger partial charge on any atom is 0.250 e. The summed E-state index contributed by atoms with van der Waals surface area (Å²) < 4.78 is 11.6. The molecule has 0 aliphatic rings. The molecule has 0 aliphatic carbocycles. The molecule has 1 aromatic rings. The summed E-state index contributed by atoms with van der Waals surface area (Å²) in [7, 11) is -0.113. The van der Waals surface area contributed by atoms with Gasteiger partial charge in [0.25, 0.3) is 8.32 Å². The van der Waals surface area contributed by atoms with Crippen molar-refractivity contribution in [2.45, 2.75) is 45.8 Å². The van der Waals surface area contributed by atoms with Crippen LogP contribution in [0, 0.1) is 6.92 Å². The topological polar surface area (TPSA) is 18.5 Å². The molecule has 0 fully saturated rings. The molecule has 0 spiro atoms. The summed E-state index contributed by atoms with van der Waals surface area (Å²) in [5.41, 5.74) is 1.19. The zero-order valence-electron chi connectivity index (χ0n) is 12.0. The number of hydrogen-bond acceptors (Lipinski definition) is 2. The van der Waals surface area contributed by atoms with Gasteiger partial charge in [-0.2, -0.15) is 0 Å². The van der Waals surface area contributed by atoms with Gasteiger partial charge in [0.2, 0.25) is 0 Å². The van der Waals surface area contributed by atoms with Gasteiger partial charge in [-0.05, 0) is 42.8 Å². The minimum Gasteiger partial charge on any atom is -0.541 e. The number of methoxy groups -OCH3 is 1. The van der Waals surface area contributed by atoms with Gasteiger partial charge >= 0.3 is 0 Å². The Morgan fingerprint density at radius 1 is 1.06 bits per heavy atom. The van der Waals surface area contributed by atoms with Crippen molar-refractivity contribution in [1.29, 1.82) is 0 Å². The molecule has 0 atom stereocenters. The van der Waals surface area contributed by atoms with E-state index in [0.717, 1.165) is 11.5 Å². The lowest BCUT2D eigenvalue weighted by Gasteiger charge is -2.36. The van der Waals surface area contributed by atoms with Gasteiger partial charge in [0.05, 0.1) is 7.11 Å². The Labute approximate surface area is 106 Å². The summed E-state index contributed by atoms with van der Waals surface area (Å²) in [5, 5.41) is 0.196. The molecule has 0 saturated carbocycles. The lowest BCUT2D eigenvalue weighted by molar-refractivity contribution is 0.385. The lowest BCUT2D eigenvalue weighted by atomic mass is 10.2. The SMILES string of the molecule is COc1ccc(C)cc1O[Si](C)(C)C(C)(C)C. The van der Waals surface area contributed by atoms with Crippen LogP contribution in [0.1, 0.15) is 26.3 Å². The van der Waals surface area contributed by atoms with Crippen LogP contribution in [0.2, 0.25) is 18.1 Å². The molecule has 3 heteroatoms. The van der Waals surface area contributed by atoms with Crippen LogP contribution in [-0.2, 0) is 0 Å². The molecule has 2 nitrogen and oxygen atoms in total. The second kappa shape index (κ2) is 4.73. The van der Waals surface area contributed by atoms with Crippen LogP contribution in [0.15, 0.2) is 18.2 Å².